The van der Waals surface area contributed by atoms with E-state index in [0.717, 1.165) is 25.0 Å². The van der Waals surface area contributed by atoms with Gasteiger partial charge in [-0.05, 0) is 30.5 Å². The first kappa shape index (κ1) is 16.4. The molecule has 0 spiro atoms. The smallest absolute Gasteiger partial charge is 0.243 e. The molecule has 1 aromatic carbocycles. The van der Waals surface area contributed by atoms with Crippen molar-refractivity contribution in [2.75, 3.05) is 13.7 Å². The van der Waals surface area contributed by atoms with Crippen LogP contribution in [0.1, 0.15) is 32.3 Å². The van der Waals surface area contributed by atoms with Crippen LogP contribution in [0, 0.1) is 17.2 Å². The number of hydrogen-bond acceptors (Lipinski definition) is 3. The van der Waals surface area contributed by atoms with Crippen LogP contribution in [0.2, 0.25) is 0 Å². The molecule has 0 aromatic heterocycles. The Bertz CT molecular complexity index is 619. The van der Waals surface area contributed by atoms with Crippen LogP contribution in [-0.4, -0.2) is 36.1 Å². The number of rotatable bonds is 3. The molecule has 126 valence electrons. The van der Waals surface area contributed by atoms with Gasteiger partial charge in [-0.25, -0.2) is 4.39 Å². The number of hydrogen-bond donors (Lipinski definition) is 1. The molecule has 1 amide bonds. The second-order valence-electron chi connectivity index (χ2n) is 7.42. The van der Waals surface area contributed by atoms with Crippen LogP contribution in [0.4, 0.5) is 4.39 Å². The second-order valence-corrected chi connectivity index (χ2v) is 7.42. The molecule has 3 rings (SSSR count). The number of carbonyl (C=O) groups is 1. The van der Waals surface area contributed by atoms with Gasteiger partial charge in [0.05, 0.1) is 6.10 Å². The zero-order valence-corrected chi connectivity index (χ0v) is 14.0. The van der Waals surface area contributed by atoms with Crippen LogP contribution in [0.3, 0.4) is 0 Å². The third-order valence-electron chi connectivity index (χ3n) is 5.69. The van der Waals surface area contributed by atoms with Crippen molar-refractivity contribution in [1.29, 1.82) is 0 Å². The number of benzene rings is 1. The van der Waals surface area contributed by atoms with Crippen molar-refractivity contribution in [1.82, 2.24) is 4.90 Å². The zero-order chi connectivity index (χ0) is 16.8. The Kier molecular flexibility index (Phi) is 3.97. The van der Waals surface area contributed by atoms with Gasteiger partial charge in [0.2, 0.25) is 5.91 Å². The van der Waals surface area contributed by atoms with E-state index in [1.54, 1.807) is 18.0 Å². The number of nitrogens with two attached hydrogens (primary N) is 1. The summed E-state index contributed by atoms with van der Waals surface area (Å²) in [4.78, 5) is 14.7. The summed E-state index contributed by atoms with van der Waals surface area (Å²) in [6.07, 6.45) is 1.91. The topological polar surface area (TPSA) is 55.6 Å². The van der Waals surface area contributed by atoms with Crippen molar-refractivity contribution in [3.8, 4) is 0 Å². The molecular weight excluding hydrogens is 295 g/mol. The predicted octanol–water partition coefficient (Wildman–Crippen LogP) is 2.32. The molecule has 0 radical (unpaired) electrons. The van der Waals surface area contributed by atoms with E-state index < -0.39 is 11.0 Å². The highest BCUT2D eigenvalue weighted by atomic mass is 19.1. The van der Waals surface area contributed by atoms with E-state index in [2.05, 4.69) is 0 Å². The van der Waals surface area contributed by atoms with E-state index in [9.17, 15) is 9.18 Å². The standard InChI is InChI=1S/C18H25FN2O2/c1-17(2)15-14(8-5-9-23-15)18(17,20)16(22)21(3)11-12-6-4-7-13(19)10-12/h4,6-7,10,14-15H,5,8-9,11,20H2,1-3H3. The summed E-state index contributed by atoms with van der Waals surface area (Å²) in [6, 6.07) is 6.31. The lowest BCUT2D eigenvalue weighted by atomic mass is 9.46. The average Bonchev–Trinajstić information content (AvgIpc) is 2.53. The number of amides is 1. The number of halogens is 1. The highest BCUT2D eigenvalue weighted by Gasteiger charge is 2.70. The maximum absolute atomic E-state index is 13.3. The van der Waals surface area contributed by atoms with Crippen LogP contribution in [0.5, 0.6) is 0 Å². The monoisotopic (exact) mass is 320 g/mol. The summed E-state index contributed by atoms with van der Waals surface area (Å²) in [5, 5.41) is 0. The lowest BCUT2D eigenvalue weighted by Gasteiger charge is -2.65. The number of fused-ring (bicyclic) bond motifs is 1. The van der Waals surface area contributed by atoms with E-state index in [0.29, 0.717) is 6.54 Å². The Hall–Kier alpha value is -1.46. The summed E-state index contributed by atoms with van der Waals surface area (Å²) in [6.45, 7) is 5.11. The first-order valence-corrected chi connectivity index (χ1v) is 8.19. The molecule has 1 aromatic rings. The van der Waals surface area contributed by atoms with Crippen LogP contribution < -0.4 is 5.73 Å². The number of carbonyl (C=O) groups excluding carboxylic acids is 1. The van der Waals surface area contributed by atoms with Crippen molar-refractivity contribution in [2.45, 2.75) is 44.9 Å². The van der Waals surface area contributed by atoms with Gasteiger partial charge in [-0.1, -0.05) is 26.0 Å². The zero-order valence-electron chi connectivity index (χ0n) is 14.0. The van der Waals surface area contributed by atoms with E-state index in [-0.39, 0.29) is 23.7 Å². The number of ether oxygens (including phenoxy) is 1. The Morgan fingerprint density at radius 2 is 2.22 bits per heavy atom. The maximum atomic E-state index is 13.3. The Balaban J connectivity index is 1.78. The van der Waals surface area contributed by atoms with Crippen molar-refractivity contribution in [3.63, 3.8) is 0 Å². The molecule has 2 aliphatic rings. The van der Waals surface area contributed by atoms with Gasteiger partial charge in [-0.15, -0.1) is 0 Å². The molecule has 23 heavy (non-hydrogen) atoms. The molecule has 1 aliphatic carbocycles. The molecule has 2 N–H and O–H groups in total. The fourth-order valence-electron chi connectivity index (χ4n) is 4.31. The summed E-state index contributed by atoms with van der Waals surface area (Å²) in [5.41, 5.74) is 6.07. The van der Waals surface area contributed by atoms with Gasteiger partial charge >= 0.3 is 0 Å². The number of nitrogens with zero attached hydrogens (tertiary/aromatic N) is 1. The summed E-state index contributed by atoms with van der Waals surface area (Å²) >= 11 is 0. The molecule has 5 heteroatoms. The third kappa shape index (κ3) is 2.37. The van der Waals surface area contributed by atoms with Crippen molar-refractivity contribution >= 4 is 5.91 Å². The SMILES string of the molecule is CN(Cc1cccc(F)c1)C(=O)C1(N)C2CCCOC2C1(C)C. The second kappa shape index (κ2) is 5.56. The fraction of sp³-hybridized carbons (Fsp3) is 0.611. The normalized spacial score (nSPS) is 31.9. The van der Waals surface area contributed by atoms with Gasteiger partial charge in [0.25, 0.3) is 0 Å². The molecule has 1 aliphatic heterocycles. The molecule has 3 atom stereocenters. The molecule has 1 heterocycles. The lowest BCUT2D eigenvalue weighted by Crippen LogP contribution is -2.82. The minimum atomic E-state index is -0.917. The highest BCUT2D eigenvalue weighted by Crippen LogP contribution is 2.57. The van der Waals surface area contributed by atoms with E-state index in [1.165, 1.54) is 12.1 Å². The highest BCUT2D eigenvalue weighted by molar-refractivity contribution is 5.89. The quantitative estimate of drug-likeness (QED) is 0.930. The minimum Gasteiger partial charge on any atom is -0.377 e. The van der Waals surface area contributed by atoms with Crippen LogP contribution in [-0.2, 0) is 16.1 Å². The predicted molar refractivity (Wildman–Crippen MR) is 86.0 cm³/mol. The molecule has 2 fully saturated rings. The maximum Gasteiger partial charge on any atom is 0.243 e. The van der Waals surface area contributed by atoms with Crippen LogP contribution in [0.15, 0.2) is 24.3 Å². The van der Waals surface area contributed by atoms with Crippen molar-refractivity contribution in [2.24, 2.45) is 17.1 Å². The Morgan fingerprint density at radius 1 is 1.48 bits per heavy atom. The van der Waals surface area contributed by atoms with E-state index in [1.807, 2.05) is 19.9 Å². The van der Waals surface area contributed by atoms with E-state index >= 15 is 0 Å². The summed E-state index contributed by atoms with van der Waals surface area (Å²) in [5.74, 6) is -0.317. The summed E-state index contributed by atoms with van der Waals surface area (Å²) < 4.78 is 19.2. The first-order valence-electron chi connectivity index (χ1n) is 8.19. The first-order chi connectivity index (χ1) is 10.8. The lowest BCUT2D eigenvalue weighted by molar-refractivity contribution is -0.229. The molecule has 0 bridgehead atoms. The summed E-state index contributed by atoms with van der Waals surface area (Å²) in [7, 11) is 1.73. The van der Waals surface area contributed by atoms with Crippen LogP contribution >= 0.6 is 0 Å². The largest absolute Gasteiger partial charge is 0.377 e. The van der Waals surface area contributed by atoms with E-state index in [4.69, 9.17) is 10.5 Å². The van der Waals surface area contributed by atoms with Gasteiger partial charge in [0.15, 0.2) is 0 Å². The molecule has 1 saturated carbocycles. The van der Waals surface area contributed by atoms with Gasteiger partial charge in [0.1, 0.15) is 11.4 Å². The molecule has 4 nitrogen and oxygen atoms in total. The van der Waals surface area contributed by atoms with Gasteiger partial charge < -0.3 is 15.4 Å². The van der Waals surface area contributed by atoms with Crippen molar-refractivity contribution in [3.05, 3.63) is 35.6 Å². The Labute approximate surface area is 136 Å². The molecular formula is C18H25FN2O2. The Morgan fingerprint density at radius 3 is 2.91 bits per heavy atom. The third-order valence-corrected chi connectivity index (χ3v) is 5.69. The average molecular weight is 320 g/mol. The number of likely N-dealkylation sites (N-methyl/N-ethyl adjacent to an activating group) is 1. The fourth-order valence-corrected chi connectivity index (χ4v) is 4.31. The van der Waals surface area contributed by atoms with Crippen molar-refractivity contribution < 1.29 is 13.9 Å². The molecule has 3 unspecified atom stereocenters. The van der Waals surface area contributed by atoms with Crippen LogP contribution in [0.25, 0.3) is 0 Å². The molecule has 1 saturated heterocycles. The van der Waals surface area contributed by atoms with Gasteiger partial charge in [0, 0.05) is 31.5 Å². The van der Waals surface area contributed by atoms with Gasteiger partial charge in [-0.2, -0.15) is 0 Å². The minimum absolute atomic E-state index is 0.0489. The van der Waals surface area contributed by atoms with Gasteiger partial charge in [-0.3, -0.25) is 4.79 Å².